The second-order valence-electron chi connectivity index (χ2n) is 5.98. The highest BCUT2D eigenvalue weighted by molar-refractivity contribution is 6.41. The first kappa shape index (κ1) is 19.7. The van der Waals surface area contributed by atoms with Crippen molar-refractivity contribution in [3.8, 4) is 22.9 Å². The molecule has 1 aliphatic heterocycles. The average Bonchev–Trinajstić information content (AvgIpc) is 3.18. The summed E-state index contributed by atoms with van der Waals surface area (Å²) < 4.78 is 17.4. The van der Waals surface area contributed by atoms with Gasteiger partial charge in [-0.3, -0.25) is 4.79 Å². The van der Waals surface area contributed by atoms with E-state index >= 15 is 0 Å². The normalized spacial score (nSPS) is 12.1. The minimum atomic E-state index is -0.520. The van der Waals surface area contributed by atoms with E-state index in [1.54, 1.807) is 30.3 Å². The highest BCUT2D eigenvalue weighted by Gasteiger charge is 2.14. The van der Waals surface area contributed by atoms with Crippen LogP contribution in [0.15, 0.2) is 47.4 Å². The maximum atomic E-state index is 12.2. The molecule has 1 N–H and O–H groups in total. The number of fused-ring (bicyclic) bond motifs is 1. The SMILES string of the molecule is O=c1c(Cl)c(Cl)cnn1-c1ccc(NCCOc2ccc3c(c2)OCO3)c(Cl)c1. The molecule has 0 aliphatic carbocycles. The zero-order valence-electron chi connectivity index (χ0n) is 14.8. The molecule has 10 heteroatoms. The van der Waals surface area contributed by atoms with Gasteiger partial charge in [0.05, 0.1) is 27.6 Å². The molecule has 0 radical (unpaired) electrons. The molecule has 1 aromatic heterocycles. The van der Waals surface area contributed by atoms with E-state index in [0.717, 1.165) is 4.68 Å². The molecule has 0 fully saturated rings. The van der Waals surface area contributed by atoms with Gasteiger partial charge in [0.1, 0.15) is 17.4 Å². The summed E-state index contributed by atoms with van der Waals surface area (Å²) in [5, 5.41) is 7.59. The van der Waals surface area contributed by atoms with E-state index in [9.17, 15) is 4.79 Å². The lowest BCUT2D eigenvalue weighted by Crippen LogP contribution is -2.21. The van der Waals surface area contributed by atoms with Gasteiger partial charge in [0, 0.05) is 12.6 Å². The third-order valence-electron chi connectivity index (χ3n) is 4.10. The summed E-state index contributed by atoms with van der Waals surface area (Å²) in [4.78, 5) is 12.2. The summed E-state index contributed by atoms with van der Waals surface area (Å²) in [6.45, 7) is 1.14. The molecule has 29 heavy (non-hydrogen) atoms. The summed E-state index contributed by atoms with van der Waals surface area (Å²) in [5.41, 5.74) is 0.645. The van der Waals surface area contributed by atoms with E-state index in [1.165, 1.54) is 6.20 Å². The van der Waals surface area contributed by atoms with Crippen LogP contribution >= 0.6 is 34.8 Å². The van der Waals surface area contributed by atoms with Crippen LogP contribution in [0.3, 0.4) is 0 Å². The Kier molecular flexibility index (Phi) is 5.71. The molecule has 3 aromatic rings. The number of hydrogen-bond acceptors (Lipinski definition) is 6. The lowest BCUT2D eigenvalue weighted by Gasteiger charge is -2.12. The highest BCUT2D eigenvalue weighted by Crippen LogP contribution is 2.35. The summed E-state index contributed by atoms with van der Waals surface area (Å²) in [6, 6.07) is 10.5. The maximum absolute atomic E-state index is 12.2. The Balaban J connectivity index is 1.38. The molecular weight excluding hydrogens is 441 g/mol. The summed E-state index contributed by atoms with van der Waals surface area (Å²) in [7, 11) is 0. The fraction of sp³-hybridized carbons (Fsp3) is 0.158. The third-order valence-corrected chi connectivity index (χ3v) is 5.17. The van der Waals surface area contributed by atoms with Crippen LogP contribution in [0.5, 0.6) is 17.2 Å². The highest BCUT2D eigenvalue weighted by atomic mass is 35.5. The molecule has 150 valence electrons. The summed E-state index contributed by atoms with van der Waals surface area (Å²) in [5.74, 6) is 2.06. The number of halogens is 3. The molecule has 0 atom stereocenters. The number of ether oxygens (including phenoxy) is 3. The number of hydrogen-bond donors (Lipinski definition) is 1. The van der Waals surface area contributed by atoms with Crippen LogP contribution in [-0.2, 0) is 0 Å². The van der Waals surface area contributed by atoms with Crippen molar-refractivity contribution in [3.63, 3.8) is 0 Å². The van der Waals surface area contributed by atoms with Crippen LogP contribution in [0, 0.1) is 0 Å². The van der Waals surface area contributed by atoms with Crippen molar-refractivity contribution in [2.24, 2.45) is 0 Å². The first-order valence-corrected chi connectivity index (χ1v) is 9.66. The van der Waals surface area contributed by atoms with Gasteiger partial charge in [0.15, 0.2) is 11.5 Å². The molecule has 0 unspecified atom stereocenters. The van der Waals surface area contributed by atoms with Crippen LogP contribution in [0.1, 0.15) is 0 Å². The van der Waals surface area contributed by atoms with Crippen molar-refractivity contribution in [1.29, 1.82) is 0 Å². The second-order valence-corrected chi connectivity index (χ2v) is 7.17. The summed E-state index contributed by atoms with van der Waals surface area (Å²) >= 11 is 18.0. The molecule has 0 amide bonds. The van der Waals surface area contributed by atoms with E-state index in [0.29, 0.717) is 46.8 Å². The number of aromatic nitrogens is 2. The van der Waals surface area contributed by atoms with Crippen molar-refractivity contribution in [3.05, 3.63) is 68.0 Å². The van der Waals surface area contributed by atoms with Gasteiger partial charge in [-0.1, -0.05) is 34.8 Å². The standard InChI is InChI=1S/C19H14Cl3N3O4/c20-13-7-11(25-19(26)18(22)14(21)9-24-25)1-3-15(13)23-5-6-27-12-2-4-16-17(8-12)29-10-28-16/h1-4,7-9,23H,5-6,10H2. The predicted molar refractivity (Wildman–Crippen MR) is 111 cm³/mol. The van der Waals surface area contributed by atoms with Crippen LogP contribution in [0.4, 0.5) is 5.69 Å². The van der Waals surface area contributed by atoms with Crippen molar-refractivity contribution < 1.29 is 14.2 Å². The average molecular weight is 455 g/mol. The monoisotopic (exact) mass is 453 g/mol. The van der Waals surface area contributed by atoms with Crippen LogP contribution < -0.4 is 25.1 Å². The van der Waals surface area contributed by atoms with Crippen LogP contribution in [0.25, 0.3) is 5.69 Å². The quantitative estimate of drug-likeness (QED) is 0.556. The van der Waals surface area contributed by atoms with E-state index in [1.807, 2.05) is 6.07 Å². The topological polar surface area (TPSA) is 74.6 Å². The molecule has 7 nitrogen and oxygen atoms in total. The minimum Gasteiger partial charge on any atom is -0.492 e. The van der Waals surface area contributed by atoms with Crippen molar-refractivity contribution in [2.45, 2.75) is 0 Å². The minimum absolute atomic E-state index is 0.0966. The molecule has 0 saturated carbocycles. The van der Waals surface area contributed by atoms with Crippen molar-refractivity contribution in [1.82, 2.24) is 9.78 Å². The zero-order chi connectivity index (χ0) is 20.4. The molecule has 2 heterocycles. The third kappa shape index (κ3) is 4.22. The number of rotatable bonds is 6. The van der Waals surface area contributed by atoms with E-state index in [4.69, 9.17) is 49.0 Å². The van der Waals surface area contributed by atoms with E-state index in [-0.39, 0.29) is 16.8 Å². The lowest BCUT2D eigenvalue weighted by atomic mass is 10.2. The molecule has 0 saturated heterocycles. The summed E-state index contributed by atoms with van der Waals surface area (Å²) in [6.07, 6.45) is 1.30. The van der Waals surface area contributed by atoms with Gasteiger partial charge in [-0.15, -0.1) is 0 Å². The fourth-order valence-corrected chi connectivity index (χ4v) is 3.19. The van der Waals surface area contributed by atoms with Gasteiger partial charge in [0.25, 0.3) is 5.56 Å². The molecule has 4 rings (SSSR count). The van der Waals surface area contributed by atoms with Crippen LogP contribution in [0.2, 0.25) is 15.1 Å². The Morgan fingerprint density at radius 3 is 2.72 bits per heavy atom. The largest absolute Gasteiger partial charge is 0.492 e. The number of anilines is 1. The zero-order valence-corrected chi connectivity index (χ0v) is 17.1. The molecule has 2 aromatic carbocycles. The lowest BCUT2D eigenvalue weighted by molar-refractivity contribution is 0.174. The van der Waals surface area contributed by atoms with Gasteiger partial charge in [-0.05, 0) is 30.3 Å². The van der Waals surface area contributed by atoms with Crippen LogP contribution in [-0.4, -0.2) is 29.7 Å². The van der Waals surface area contributed by atoms with Crippen molar-refractivity contribution in [2.75, 3.05) is 25.3 Å². The fourth-order valence-electron chi connectivity index (χ4n) is 2.70. The smallest absolute Gasteiger partial charge is 0.291 e. The number of benzene rings is 2. The predicted octanol–water partition coefficient (Wildman–Crippen LogP) is 4.41. The Morgan fingerprint density at radius 1 is 1.07 bits per heavy atom. The maximum Gasteiger partial charge on any atom is 0.291 e. The molecule has 1 aliphatic rings. The number of nitrogens with zero attached hydrogens (tertiary/aromatic N) is 2. The molecule has 0 spiro atoms. The van der Waals surface area contributed by atoms with Gasteiger partial charge in [0.2, 0.25) is 6.79 Å². The Hall–Kier alpha value is -2.61. The van der Waals surface area contributed by atoms with E-state index < -0.39 is 5.56 Å². The van der Waals surface area contributed by atoms with Gasteiger partial charge >= 0.3 is 0 Å². The first-order chi connectivity index (χ1) is 14.0. The Morgan fingerprint density at radius 2 is 1.90 bits per heavy atom. The number of nitrogens with one attached hydrogen (secondary N) is 1. The molecular formula is C19H14Cl3N3O4. The van der Waals surface area contributed by atoms with Gasteiger partial charge in [-0.2, -0.15) is 9.78 Å². The molecule has 0 bridgehead atoms. The van der Waals surface area contributed by atoms with Gasteiger partial charge < -0.3 is 19.5 Å². The first-order valence-electron chi connectivity index (χ1n) is 8.52. The second kappa shape index (κ2) is 8.41. The van der Waals surface area contributed by atoms with Gasteiger partial charge in [-0.25, -0.2) is 0 Å². The van der Waals surface area contributed by atoms with Crippen molar-refractivity contribution >= 4 is 40.5 Å². The Bertz CT molecular complexity index is 1120. The Labute approximate surface area is 180 Å². The van der Waals surface area contributed by atoms with E-state index in [2.05, 4.69) is 10.4 Å².